The van der Waals surface area contributed by atoms with E-state index in [1.807, 2.05) is 0 Å². The van der Waals surface area contributed by atoms with Gasteiger partial charge in [0.25, 0.3) is 0 Å². The van der Waals surface area contributed by atoms with Crippen molar-refractivity contribution in [3.63, 3.8) is 0 Å². The molecule has 1 aromatic carbocycles. The average Bonchev–Trinajstić information content (AvgIpc) is 3.03. The zero-order chi connectivity index (χ0) is 17.8. The van der Waals surface area contributed by atoms with Gasteiger partial charge in [-0.1, -0.05) is 34.4 Å². The Morgan fingerprint density at radius 1 is 1.22 bits per heavy atom. The smallest absolute Gasteiger partial charge is 0.344 e. The summed E-state index contributed by atoms with van der Waals surface area (Å²) in [6, 6.07) is 5.67. The van der Waals surface area contributed by atoms with Gasteiger partial charge in [-0.2, -0.15) is 0 Å². The SMILES string of the molecule is Cl.O=C(O[C@H]1C[C@H]2C[C@@H]1CN2)c1c(-c2c(Cl)cccc2Cl)noc1C1CC1. The van der Waals surface area contributed by atoms with Crippen LogP contribution in [-0.4, -0.2) is 29.8 Å². The molecule has 5 nitrogen and oxygen atoms in total. The lowest BCUT2D eigenvalue weighted by Crippen LogP contribution is -2.35. The minimum atomic E-state index is -0.378. The number of rotatable bonds is 4. The van der Waals surface area contributed by atoms with Crippen LogP contribution in [0, 0.1) is 5.92 Å². The number of carbonyl (C=O) groups is 1. The highest BCUT2D eigenvalue weighted by atomic mass is 35.5. The molecule has 144 valence electrons. The van der Waals surface area contributed by atoms with E-state index in [-0.39, 0.29) is 30.4 Å². The molecule has 1 aliphatic heterocycles. The third kappa shape index (κ3) is 3.35. The van der Waals surface area contributed by atoms with Crippen LogP contribution in [0.2, 0.25) is 10.0 Å². The molecule has 3 aliphatic rings. The summed E-state index contributed by atoms with van der Waals surface area (Å²) in [6.07, 6.45) is 3.86. The maximum Gasteiger partial charge on any atom is 0.344 e. The van der Waals surface area contributed by atoms with Gasteiger partial charge in [-0.15, -0.1) is 12.4 Å². The largest absolute Gasteiger partial charge is 0.458 e. The van der Waals surface area contributed by atoms with E-state index in [0.29, 0.717) is 44.6 Å². The number of nitrogens with zero attached hydrogens (tertiary/aromatic N) is 1. The fourth-order valence-corrected chi connectivity index (χ4v) is 4.72. The molecule has 2 heterocycles. The third-order valence-electron chi connectivity index (χ3n) is 5.63. The summed E-state index contributed by atoms with van der Waals surface area (Å²) in [7, 11) is 0. The lowest BCUT2D eigenvalue weighted by Gasteiger charge is -2.22. The zero-order valence-electron chi connectivity index (χ0n) is 14.4. The Morgan fingerprint density at radius 2 is 1.96 bits per heavy atom. The van der Waals surface area contributed by atoms with Crippen molar-refractivity contribution in [1.82, 2.24) is 10.5 Å². The molecule has 2 saturated carbocycles. The molecule has 2 aromatic rings. The van der Waals surface area contributed by atoms with E-state index in [0.717, 1.165) is 32.2 Å². The lowest BCUT2D eigenvalue weighted by atomic mass is 10.0. The Hall–Kier alpha value is -1.27. The minimum absolute atomic E-state index is 0. The van der Waals surface area contributed by atoms with Crippen molar-refractivity contribution < 1.29 is 14.1 Å². The Labute approximate surface area is 173 Å². The molecule has 1 N–H and O–H groups in total. The quantitative estimate of drug-likeness (QED) is 0.704. The monoisotopic (exact) mass is 428 g/mol. The van der Waals surface area contributed by atoms with Crippen LogP contribution >= 0.6 is 35.6 Å². The summed E-state index contributed by atoms with van der Waals surface area (Å²) < 4.78 is 11.4. The molecule has 3 fully saturated rings. The van der Waals surface area contributed by atoms with Crippen LogP contribution in [0.3, 0.4) is 0 Å². The first-order valence-corrected chi connectivity index (χ1v) is 9.75. The maximum atomic E-state index is 13.1. The molecule has 0 radical (unpaired) electrons. The number of fused-ring (bicyclic) bond motifs is 2. The van der Waals surface area contributed by atoms with Gasteiger partial charge in [-0.05, 0) is 31.4 Å². The van der Waals surface area contributed by atoms with E-state index in [9.17, 15) is 4.79 Å². The van der Waals surface area contributed by atoms with Gasteiger partial charge in [0.05, 0.1) is 10.0 Å². The van der Waals surface area contributed by atoms with Crippen LogP contribution in [0.15, 0.2) is 22.7 Å². The van der Waals surface area contributed by atoms with E-state index >= 15 is 0 Å². The molecule has 0 unspecified atom stereocenters. The summed E-state index contributed by atoms with van der Waals surface area (Å²) in [5.74, 6) is 0.834. The van der Waals surface area contributed by atoms with Gasteiger partial charge < -0.3 is 14.6 Å². The predicted octanol–water partition coefficient (Wildman–Crippen LogP) is 4.85. The van der Waals surface area contributed by atoms with Gasteiger partial charge in [0, 0.05) is 36.4 Å². The molecule has 2 aliphatic carbocycles. The second-order valence-electron chi connectivity index (χ2n) is 7.42. The standard InChI is InChI=1S/C19H18Cl2N2O3.ClH/c20-12-2-1-3-13(21)15(12)17-16(18(26-23-17)9-4-5-9)19(24)25-14-7-11-6-10(14)8-22-11;/h1-3,9-11,14,22H,4-8H2;1H/t10-,11-,14+;/m1./s1. The Kier molecular flexibility index (Phi) is 5.14. The van der Waals surface area contributed by atoms with Gasteiger partial charge in [-0.25, -0.2) is 4.79 Å². The van der Waals surface area contributed by atoms with Crippen molar-refractivity contribution in [2.45, 2.75) is 43.7 Å². The third-order valence-corrected chi connectivity index (χ3v) is 6.26. The topological polar surface area (TPSA) is 64.4 Å². The van der Waals surface area contributed by atoms with Crippen molar-refractivity contribution in [2.75, 3.05) is 6.54 Å². The molecule has 3 atom stereocenters. The predicted molar refractivity (Wildman–Crippen MR) is 105 cm³/mol. The number of aromatic nitrogens is 1. The number of esters is 1. The van der Waals surface area contributed by atoms with Crippen molar-refractivity contribution in [2.24, 2.45) is 5.92 Å². The van der Waals surface area contributed by atoms with Gasteiger partial charge in [-0.3, -0.25) is 0 Å². The Balaban J connectivity index is 0.00000180. The summed E-state index contributed by atoms with van der Waals surface area (Å²) in [5.41, 5.74) is 1.29. The summed E-state index contributed by atoms with van der Waals surface area (Å²) in [6.45, 7) is 0.908. The molecule has 0 spiro atoms. The first-order chi connectivity index (χ1) is 12.6. The molecule has 2 bridgehead atoms. The first kappa shape index (κ1) is 19.1. The summed E-state index contributed by atoms with van der Waals surface area (Å²) in [4.78, 5) is 13.1. The van der Waals surface area contributed by atoms with Gasteiger partial charge in [0.1, 0.15) is 17.4 Å². The second-order valence-corrected chi connectivity index (χ2v) is 8.24. The molecule has 5 rings (SSSR count). The highest BCUT2D eigenvalue weighted by molar-refractivity contribution is 6.39. The molecule has 27 heavy (non-hydrogen) atoms. The van der Waals surface area contributed by atoms with Crippen molar-refractivity contribution >= 4 is 41.6 Å². The average molecular weight is 430 g/mol. The van der Waals surface area contributed by atoms with E-state index in [1.165, 1.54) is 0 Å². The lowest BCUT2D eigenvalue weighted by molar-refractivity contribution is 0.0177. The van der Waals surface area contributed by atoms with Crippen molar-refractivity contribution in [3.8, 4) is 11.3 Å². The highest BCUT2D eigenvalue weighted by Gasteiger charge is 2.43. The minimum Gasteiger partial charge on any atom is -0.458 e. The number of ether oxygens (including phenoxy) is 1. The van der Waals surface area contributed by atoms with E-state index in [1.54, 1.807) is 18.2 Å². The molecule has 8 heteroatoms. The van der Waals surface area contributed by atoms with Crippen LogP contribution in [0.5, 0.6) is 0 Å². The number of hydrogen-bond acceptors (Lipinski definition) is 5. The van der Waals surface area contributed by atoms with E-state index < -0.39 is 0 Å². The molecule has 1 aromatic heterocycles. The number of hydrogen-bond donors (Lipinski definition) is 1. The van der Waals surface area contributed by atoms with Crippen LogP contribution in [0.25, 0.3) is 11.3 Å². The van der Waals surface area contributed by atoms with Gasteiger partial charge >= 0.3 is 5.97 Å². The van der Waals surface area contributed by atoms with Crippen LogP contribution in [0.4, 0.5) is 0 Å². The molecule has 0 amide bonds. The van der Waals surface area contributed by atoms with Gasteiger partial charge in [0.15, 0.2) is 5.76 Å². The normalized spacial score (nSPS) is 26.1. The molecule has 1 saturated heterocycles. The van der Waals surface area contributed by atoms with E-state index in [4.69, 9.17) is 32.5 Å². The maximum absolute atomic E-state index is 13.1. The van der Waals surface area contributed by atoms with Crippen molar-refractivity contribution in [3.05, 3.63) is 39.6 Å². The summed E-state index contributed by atoms with van der Waals surface area (Å²) in [5, 5.41) is 8.46. The van der Waals surface area contributed by atoms with Gasteiger partial charge in [0.2, 0.25) is 0 Å². The number of nitrogens with one attached hydrogen (secondary N) is 1. The number of piperidine rings is 1. The Morgan fingerprint density at radius 3 is 2.56 bits per heavy atom. The van der Waals surface area contributed by atoms with Crippen molar-refractivity contribution in [1.29, 1.82) is 0 Å². The molecular formula is C19H19Cl3N2O3. The van der Waals surface area contributed by atoms with Crippen LogP contribution in [0.1, 0.15) is 47.7 Å². The fraction of sp³-hybridized carbons (Fsp3) is 0.474. The van der Waals surface area contributed by atoms with Crippen LogP contribution in [-0.2, 0) is 4.74 Å². The molecular weight excluding hydrogens is 411 g/mol. The number of carbonyl (C=O) groups excluding carboxylic acids is 1. The number of halogens is 3. The second kappa shape index (κ2) is 7.28. The van der Waals surface area contributed by atoms with Crippen LogP contribution < -0.4 is 5.32 Å². The fourth-order valence-electron chi connectivity index (χ4n) is 4.15. The zero-order valence-corrected chi connectivity index (χ0v) is 16.7. The van der Waals surface area contributed by atoms with E-state index in [2.05, 4.69) is 10.5 Å². The summed E-state index contributed by atoms with van der Waals surface area (Å²) >= 11 is 12.7. The first-order valence-electron chi connectivity index (χ1n) is 9.00. The number of benzene rings is 1. The Bertz CT molecular complexity index is 861. The highest BCUT2D eigenvalue weighted by Crippen LogP contribution is 2.46.